The molecule has 0 saturated heterocycles. The molecule has 0 N–H and O–H groups in total. The molecule has 4 heteroatoms. The fourth-order valence-electron chi connectivity index (χ4n) is 3.40. The van der Waals surface area contributed by atoms with Gasteiger partial charge in [0.2, 0.25) is 0 Å². The molecule has 0 aromatic rings. The van der Waals surface area contributed by atoms with Gasteiger partial charge in [-0.05, 0) is 31.6 Å². The van der Waals surface area contributed by atoms with Crippen LogP contribution in [0.2, 0.25) is 0 Å². The molecule has 0 aliphatic rings. The number of esters is 2. The van der Waals surface area contributed by atoms with Crippen molar-refractivity contribution in [2.75, 3.05) is 13.2 Å². The van der Waals surface area contributed by atoms with Gasteiger partial charge in [-0.3, -0.25) is 9.59 Å². The molecule has 0 saturated carbocycles. The highest BCUT2D eigenvalue weighted by molar-refractivity contribution is 5.69. The van der Waals surface area contributed by atoms with Gasteiger partial charge in [-0.2, -0.15) is 0 Å². The number of carbonyl (C=O) groups excluding carboxylic acids is 2. The number of hydrogen-bond donors (Lipinski definition) is 0. The summed E-state index contributed by atoms with van der Waals surface area (Å²) in [6.07, 6.45) is 19.7. The third kappa shape index (κ3) is 23.2. The largest absolute Gasteiger partial charge is 0.466 e. The van der Waals surface area contributed by atoms with Gasteiger partial charge in [-0.1, -0.05) is 97.8 Å². The number of ether oxygens (including phenoxy) is 2. The van der Waals surface area contributed by atoms with Gasteiger partial charge in [0.25, 0.3) is 0 Å². The number of rotatable bonds is 22. The zero-order valence-corrected chi connectivity index (χ0v) is 20.4. The molecule has 0 aromatic heterocycles. The second-order valence-electron chi connectivity index (χ2n) is 9.07. The Morgan fingerprint density at radius 3 is 1.43 bits per heavy atom. The molecule has 0 atom stereocenters. The predicted molar refractivity (Wildman–Crippen MR) is 126 cm³/mol. The summed E-state index contributed by atoms with van der Waals surface area (Å²) in [7, 11) is 0. The third-order valence-electron chi connectivity index (χ3n) is 5.48. The first-order valence-corrected chi connectivity index (χ1v) is 12.9. The molecule has 0 fully saturated rings. The number of unbranched alkanes of at least 4 members (excludes halogenated alkanes) is 13. The zero-order chi connectivity index (χ0) is 22.3. The maximum Gasteiger partial charge on any atom is 0.305 e. The first-order valence-electron chi connectivity index (χ1n) is 12.9. The minimum atomic E-state index is -0.0645. The standard InChI is InChI=1S/C26H50O4/c1-4-5-6-7-8-9-12-15-18-22-29-25(27)19-16-13-10-11-14-17-20-26(28)30-23-21-24(2)3/h24H,4-23H2,1-3H3. The molecular formula is C26H50O4. The van der Waals surface area contributed by atoms with Gasteiger partial charge in [-0.15, -0.1) is 0 Å². The van der Waals surface area contributed by atoms with E-state index < -0.39 is 0 Å². The lowest BCUT2D eigenvalue weighted by Gasteiger charge is -2.07. The lowest BCUT2D eigenvalue weighted by Crippen LogP contribution is -2.07. The second kappa shape index (κ2) is 22.6. The topological polar surface area (TPSA) is 52.6 Å². The predicted octanol–water partition coefficient (Wildman–Crippen LogP) is 7.77. The minimum absolute atomic E-state index is 0.0429. The molecular weight excluding hydrogens is 376 g/mol. The molecule has 0 radical (unpaired) electrons. The van der Waals surface area contributed by atoms with E-state index in [0.717, 1.165) is 51.4 Å². The summed E-state index contributed by atoms with van der Waals surface area (Å²) in [4.78, 5) is 23.3. The van der Waals surface area contributed by atoms with Crippen molar-refractivity contribution in [3.8, 4) is 0 Å². The molecule has 30 heavy (non-hydrogen) atoms. The summed E-state index contributed by atoms with van der Waals surface area (Å²) >= 11 is 0. The first kappa shape index (κ1) is 28.9. The van der Waals surface area contributed by atoms with Crippen LogP contribution in [0.15, 0.2) is 0 Å². The number of carbonyl (C=O) groups is 2. The number of hydrogen-bond acceptors (Lipinski definition) is 4. The van der Waals surface area contributed by atoms with Crippen molar-refractivity contribution < 1.29 is 19.1 Å². The summed E-state index contributed by atoms with van der Waals surface area (Å²) < 4.78 is 10.5. The van der Waals surface area contributed by atoms with Crippen molar-refractivity contribution in [1.82, 2.24) is 0 Å². The lowest BCUT2D eigenvalue weighted by molar-refractivity contribution is -0.145. The maximum atomic E-state index is 11.7. The van der Waals surface area contributed by atoms with Crippen LogP contribution in [0.3, 0.4) is 0 Å². The average Bonchev–Trinajstić information content (AvgIpc) is 2.71. The van der Waals surface area contributed by atoms with Crippen LogP contribution in [0.4, 0.5) is 0 Å². The summed E-state index contributed by atoms with van der Waals surface area (Å²) in [5.41, 5.74) is 0. The zero-order valence-electron chi connectivity index (χ0n) is 20.4. The van der Waals surface area contributed by atoms with Gasteiger partial charge in [0, 0.05) is 12.8 Å². The van der Waals surface area contributed by atoms with Gasteiger partial charge < -0.3 is 9.47 Å². The molecule has 0 bridgehead atoms. The Bertz CT molecular complexity index is 392. The Balaban J connectivity index is 3.26. The molecule has 4 nitrogen and oxygen atoms in total. The first-order chi connectivity index (χ1) is 14.6. The van der Waals surface area contributed by atoms with Crippen molar-refractivity contribution in [2.24, 2.45) is 5.92 Å². The van der Waals surface area contributed by atoms with Crippen LogP contribution in [0.5, 0.6) is 0 Å². The fourth-order valence-corrected chi connectivity index (χ4v) is 3.40. The van der Waals surface area contributed by atoms with Gasteiger partial charge in [0.15, 0.2) is 0 Å². The van der Waals surface area contributed by atoms with E-state index in [1.54, 1.807) is 0 Å². The Morgan fingerprint density at radius 2 is 0.967 bits per heavy atom. The van der Waals surface area contributed by atoms with Crippen LogP contribution in [0.1, 0.15) is 136 Å². The monoisotopic (exact) mass is 426 g/mol. The molecule has 0 heterocycles. The lowest BCUT2D eigenvalue weighted by atomic mass is 10.1. The van der Waals surface area contributed by atoms with Crippen LogP contribution in [0.25, 0.3) is 0 Å². The van der Waals surface area contributed by atoms with E-state index in [1.807, 2.05) is 0 Å². The highest BCUT2D eigenvalue weighted by atomic mass is 16.5. The van der Waals surface area contributed by atoms with E-state index in [2.05, 4.69) is 20.8 Å². The SMILES string of the molecule is CCCCCCCCCCCOC(=O)CCCCCCCCC(=O)OCCC(C)C. The maximum absolute atomic E-state index is 11.7. The third-order valence-corrected chi connectivity index (χ3v) is 5.48. The Kier molecular flexibility index (Phi) is 21.8. The van der Waals surface area contributed by atoms with E-state index in [4.69, 9.17) is 9.47 Å². The average molecular weight is 427 g/mol. The highest BCUT2D eigenvalue weighted by Crippen LogP contribution is 2.11. The molecule has 178 valence electrons. The van der Waals surface area contributed by atoms with Crippen molar-refractivity contribution in [1.29, 1.82) is 0 Å². The van der Waals surface area contributed by atoms with Crippen LogP contribution in [0, 0.1) is 5.92 Å². The molecule has 0 aromatic carbocycles. The van der Waals surface area contributed by atoms with E-state index in [9.17, 15) is 9.59 Å². The normalized spacial score (nSPS) is 11.1. The minimum Gasteiger partial charge on any atom is -0.466 e. The van der Waals surface area contributed by atoms with E-state index in [-0.39, 0.29) is 11.9 Å². The van der Waals surface area contributed by atoms with Crippen LogP contribution < -0.4 is 0 Å². The summed E-state index contributed by atoms with van der Waals surface area (Å²) in [6.45, 7) is 7.64. The van der Waals surface area contributed by atoms with Gasteiger partial charge in [0.05, 0.1) is 13.2 Å². The molecule has 0 aliphatic heterocycles. The Morgan fingerprint density at radius 1 is 0.567 bits per heavy atom. The van der Waals surface area contributed by atoms with Crippen LogP contribution >= 0.6 is 0 Å². The van der Waals surface area contributed by atoms with Crippen molar-refractivity contribution >= 4 is 11.9 Å². The van der Waals surface area contributed by atoms with E-state index >= 15 is 0 Å². The van der Waals surface area contributed by atoms with Gasteiger partial charge >= 0.3 is 11.9 Å². The van der Waals surface area contributed by atoms with Gasteiger partial charge in [-0.25, -0.2) is 0 Å². The van der Waals surface area contributed by atoms with Crippen LogP contribution in [-0.2, 0) is 19.1 Å². The van der Waals surface area contributed by atoms with E-state index in [0.29, 0.717) is 32.0 Å². The van der Waals surface area contributed by atoms with Crippen molar-refractivity contribution in [2.45, 2.75) is 136 Å². The quantitative estimate of drug-likeness (QED) is 0.131. The summed E-state index contributed by atoms with van der Waals surface area (Å²) in [6, 6.07) is 0. The molecule has 0 amide bonds. The Labute approximate surface area is 186 Å². The van der Waals surface area contributed by atoms with E-state index in [1.165, 1.54) is 51.4 Å². The Hall–Kier alpha value is -1.06. The van der Waals surface area contributed by atoms with Crippen molar-refractivity contribution in [3.63, 3.8) is 0 Å². The highest BCUT2D eigenvalue weighted by Gasteiger charge is 2.05. The van der Waals surface area contributed by atoms with Gasteiger partial charge in [0.1, 0.15) is 0 Å². The summed E-state index contributed by atoms with van der Waals surface area (Å²) in [5.74, 6) is 0.467. The summed E-state index contributed by atoms with van der Waals surface area (Å²) in [5, 5.41) is 0. The fraction of sp³-hybridized carbons (Fsp3) is 0.923. The molecule has 0 unspecified atom stereocenters. The smallest absolute Gasteiger partial charge is 0.305 e. The second-order valence-corrected chi connectivity index (χ2v) is 9.07. The van der Waals surface area contributed by atoms with Crippen molar-refractivity contribution in [3.05, 3.63) is 0 Å². The molecule has 0 aliphatic carbocycles. The molecule has 0 spiro atoms. The molecule has 0 rings (SSSR count). The van der Waals surface area contributed by atoms with Crippen LogP contribution in [-0.4, -0.2) is 25.2 Å².